The Morgan fingerprint density at radius 3 is 2.70 bits per heavy atom. The molecule has 1 aromatic carbocycles. The van der Waals surface area contributed by atoms with Crippen LogP contribution in [-0.4, -0.2) is 23.0 Å². The van der Waals surface area contributed by atoms with Gasteiger partial charge in [-0.15, -0.1) is 0 Å². The molecule has 0 aliphatic heterocycles. The number of benzene rings is 1. The molecule has 0 saturated heterocycles. The van der Waals surface area contributed by atoms with Crippen molar-refractivity contribution in [2.75, 3.05) is 0 Å². The third kappa shape index (κ3) is 2.65. The maximum atomic E-state index is 12.4. The quantitative estimate of drug-likeness (QED) is 0.878. The van der Waals surface area contributed by atoms with E-state index < -0.39 is 0 Å². The molecule has 0 atom stereocenters. The molecule has 0 radical (unpaired) electrons. The van der Waals surface area contributed by atoms with E-state index in [2.05, 4.69) is 10.3 Å². The minimum Gasteiger partial charge on any atom is -0.349 e. The van der Waals surface area contributed by atoms with Gasteiger partial charge in [0.25, 0.3) is 5.91 Å². The fourth-order valence-electron chi connectivity index (χ4n) is 2.82. The van der Waals surface area contributed by atoms with Crippen LogP contribution in [0.3, 0.4) is 0 Å². The van der Waals surface area contributed by atoms with Gasteiger partial charge in [-0.2, -0.15) is 0 Å². The predicted molar refractivity (Wildman–Crippen MR) is 79.4 cm³/mol. The van der Waals surface area contributed by atoms with E-state index in [4.69, 9.17) is 5.73 Å². The summed E-state index contributed by atoms with van der Waals surface area (Å²) < 4.78 is 0. The summed E-state index contributed by atoms with van der Waals surface area (Å²) in [5, 5.41) is 4.03. The van der Waals surface area contributed by atoms with Gasteiger partial charge >= 0.3 is 0 Å². The highest BCUT2D eigenvalue weighted by Crippen LogP contribution is 2.19. The summed E-state index contributed by atoms with van der Waals surface area (Å²) in [4.78, 5) is 16.7. The molecular weight excluding hydrogens is 250 g/mol. The first kappa shape index (κ1) is 13.1. The van der Waals surface area contributed by atoms with Crippen molar-refractivity contribution >= 4 is 16.8 Å². The van der Waals surface area contributed by atoms with Gasteiger partial charge in [-0.1, -0.05) is 18.2 Å². The van der Waals surface area contributed by atoms with Crippen molar-refractivity contribution in [3.05, 3.63) is 42.1 Å². The number of aromatic nitrogens is 1. The van der Waals surface area contributed by atoms with Crippen molar-refractivity contribution in [3.63, 3.8) is 0 Å². The molecule has 0 unspecified atom stereocenters. The molecule has 1 aliphatic rings. The van der Waals surface area contributed by atoms with Gasteiger partial charge in [0.05, 0.1) is 11.1 Å². The lowest BCUT2D eigenvalue weighted by Gasteiger charge is -2.26. The molecule has 1 saturated carbocycles. The second-order valence-electron chi connectivity index (χ2n) is 5.46. The number of pyridine rings is 1. The lowest BCUT2D eigenvalue weighted by atomic mass is 9.91. The first-order chi connectivity index (χ1) is 9.74. The number of para-hydroxylation sites is 1. The Morgan fingerprint density at radius 1 is 1.15 bits per heavy atom. The minimum atomic E-state index is -0.0101. The Balaban J connectivity index is 1.79. The molecule has 20 heavy (non-hydrogen) atoms. The van der Waals surface area contributed by atoms with E-state index in [1.54, 1.807) is 12.3 Å². The largest absolute Gasteiger partial charge is 0.349 e. The lowest BCUT2D eigenvalue weighted by molar-refractivity contribution is 0.0927. The van der Waals surface area contributed by atoms with E-state index in [0.717, 1.165) is 36.6 Å². The van der Waals surface area contributed by atoms with Crippen molar-refractivity contribution in [1.29, 1.82) is 0 Å². The van der Waals surface area contributed by atoms with Crippen molar-refractivity contribution in [2.24, 2.45) is 5.73 Å². The van der Waals surface area contributed by atoms with E-state index in [1.807, 2.05) is 24.3 Å². The van der Waals surface area contributed by atoms with Crippen LogP contribution in [0.1, 0.15) is 36.0 Å². The molecule has 3 N–H and O–H groups in total. The number of nitrogens with one attached hydrogen (secondary N) is 1. The number of amides is 1. The van der Waals surface area contributed by atoms with Gasteiger partial charge in [0.1, 0.15) is 0 Å². The summed E-state index contributed by atoms with van der Waals surface area (Å²) >= 11 is 0. The number of nitrogens with zero attached hydrogens (tertiary/aromatic N) is 1. The molecule has 1 aromatic heterocycles. The predicted octanol–water partition coefficient (Wildman–Crippen LogP) is 2.23. The van der Waals surface area contributed by atoms with Crippen LogP contribution >= 0.6 is 0 Å². The standard InChI is InChI=1S/C16H19N3O/c17-11-5-7-12(8-6-11)19-16(20)14-9-10-18-15-4-2-1-3-13(14)15/h1-4,9-12H,5-8,17H2,(H,19,20). The highest BCUT2D eigenvalue weighted by atomic mass is 16.1. The van der Waals surface area contributed by atoms with Gasteiger partial charge in [-0.05, 0) is 37.8 Å². The summed E-state index contributed by atoms with van der Waals surface area (Å²) in [6.45, 7) is 0. The summed E-state index contributed by atoms with van der Waals surface area (Å²) in [6, 6.07) is 10.0. The van der Waals surface area contributed by atoms with Gasteiger partial charge in [0, 0.05) is 23.7 Å². The van der Waals surface area contributed by atoms with E-state index in [0.29, 0.717) is 11.6 Å². The number of fused-ring (bicyclic) bond motifs is 1. The summed E-state index contributed by atoms with van der Waals surface area (Å²) in [7, 11) is 0. The molecular formula is C16H19N3O. The molecule has 1 heterocycles. The maximum Gasteiger partial charge on any atom is 0.252 e. The van der Waals surface area contributed by atoms with Gasteiger partial charge in [-0.3, -0.25) is 9.78 Å². The van der Waals surface area contributed by atoms with Crippen molar-refractivity contribution in [1.82, 2.24) is 10.3 Å². The van der Waals surface area contributed by atoms with Crippen LogP contribution in [0.2, 0.25) is 0 Å². The van der Waals surface area contributed by atoms with Crippen LogP contribution in [0.5, 0.6) is 0 Å². The normalized spacial score (nSPS) is 22.6. The highest BCUT2D eigenvalue weighted by molar-refractivity contribution is 6.06. The average molecular weight is 269 g/mol. The molecule has 2 aromatic rings. The Labute approximate surface area is 118 Å². The fourth-order valence-corrected chi connectivity index (χ4v) is 2.82. The van der Waals surface area contributed by atoms with Crippen LogP contribution in [0.4, 0.5) is 0 Å². The van der Waals surface area contributed by atoms with Gasteiger partial charge in [0.2, 0.25) is 0 Å². The van der Waals surface area contributed by atoms with Gasteiger partial charge in [-0.25, -0.2) is 0 Å². The molecule has 0 spiro atoms. The first-order valence-corrected chi connectivity index (χ1v) is 7.14. The second kappa shape index (κ2) is 5.59. The number of hydrogen-bond donors (Lipinski definition) is 2. The molecule has 4 heteroatoms. The molecule has 4 nitrogen and oxygen atoms in total. The zero-order chi connectivity index (χ0) is 13.9. The van der Waals surface area contributed by atoms with Crippen molar-refractivity contribution in [3.8, 4) is 0 Å². The summed E-state index contributed by atoms with van der Waals surface area (Å²) in [5.41, 5.74) is 7.44. The highest BCUT2D eigenvalue weighted by Gasteiger charge is 2.21. The molecule has 1 amide bonds. The Bertz CT molecular complexity index is 613. The molecule has 1 aliphatic carbocycles. The molecule has 1 fully saturated rings. The van der Waals surface area contributed by atoms with Gasteiger partial charge < -0.3 is 11.1 Å². The van der Waals surface area contributed by atoms with Crippen LogP contribution in [0.25, 0.3) is 10.9 Å². The van der Waals surface area contributed by atoms with Crippen LogP contribution in [0, 0.1) is 0 Å². The Morgan fingerprint density at radius 2 is 1.90 bits per heavy atom. The van der Waals surface area contributed by atoms with Crippen LogP contribution < -0.4 is 11.1 Å². The van der Waals surface area contributed by atoms with E-state index in [9.17, 15) is 4.79 Å². The Hall–Kier alpha value is -1.94. The smallest absolute Gasteiger partial charge is 0.252 e. The average Bonchev–Trinajstić information content (AvgIpc) is 2.49. The number of nitrogens with two attached hydrogens (primary N) is 1. The van der Waals surface area contributed by atoms with E-state index >= 15 is 0 Å². The zero-order valence-electron chi connectivity index (χ0n) is 11.4. The van der Waals surface area contributed by atoms with E-state index in [-0.39, 0.29) is 11.9 Å². The minimum absolute atomic E-state index is 0.0101. The summed E-state index contributed by atoms with van der Waals surface area (Å²) in [5.74, 6) is -0.0101. The Kier molecular flexibility index (Phi) is 3.65. The molecule has 0 bridgehead atoms. The number of rotatable bonds is 2. The SMILES string of the molecule is NC1CCC(NC(=O)c2ccnc3ccccc23)CC1. The maximum absolute atomic E-state index is 12.4. The monoisotopic (exact) mass is 269 g/mol. The van der Waals surface area contributed by atoms with Crippen LogP contribution in [0.15, 0.2) is 36.5 Å². The third-order valence-electron chi connectivity index (χ3n) is 4.00. The van der Waals surface area contributed by atoms with Gasteiger partial charge in [0.15, 0.2) is 0 Å². The van der Waals surface area contributed by atoms with Crippen molar-refractivity contribution in [2.45, 2.75) is 37.8 Å². The number of hydrogen-bond acceptors (Lipinski definition) is 3. The number of carbonyl (C=O) groups excluding carboxylic acids is 1. The number of carbonyl (C=O) groups is 1. The first-order valence-electron chi connectivity index (χ1n) is 7.14. The van der Waals surface area contributed by atoms with Crippen molar-refractivity contribution < 1.29 is 4.79 Å². The second-order valence-corrected chi connectivity index (χ2v) is 5.46. The van der Waals surface area contributed by atoms with Crippen LogP contribution in [-0.2, 0) is 0 Å². The lowest BCUT2D eigenvalue weighted by Crippen LogP contribution is -2.40. The molecule has 104 valence electrons. The topological polar surface area (TPSA) is 68.0 Å². The molecule has 3 rings (SSSR count). The third-order valence-corrected chi connectivity index (χ3v) is 4.00. The fraction of sp³-hybridized carbons (Fsp3) is 0.375. The summed E-state index contributed by atoms with van der Waals surface area (Å²) in [6.07, 6.45) is 5.60. The zero-order valence-corrected chi connectivity index (χ0v) is 11.4. The van der Waals surface area contributed by atoms with E-state index in [1.165, 1.54) is 0 Å².